The van der Waals surface area contributed by atoms with Crippen molar-refractivity contribution in [1.82, 2.24) is 0 Å². The molecule has 2 N–H and O–H groups in total. The molecule has 0 radical (unpaired) electrons. The van der Waals surface area contributed by atoms with Gasteiger partial charge in [0, 0.05) is 10.9 Å². The number of benzene rings is 1. The zero-order chi connectivity index (χ0) is 15.5. The first-order valence-corrected chi connectivity index (χ1v) is 8.46. The Balaban J connectivity index is 2.10. The molecule has 0 spiro atoms. The lowest BCUT2D eigenvalue weighted by molar-refractivity contribution is 0.0259. The fraction of sp³-hybridized carbons (Fsp3) is 0.667. The van der Waals surface area contributed by atoms with Gasteiger partial charge >= 0.3 is 0 Å². The maximum atomic E-state index is 6.25. The van der Waals surface area contributed by atoms with Crippen LogP contribution < -0.4 is 10.5 Å². The third-order valence-electron chi connectivity index (χ3n) is 5.33. The van der Waals surface area contributed by atoms with Crippen LogP contribution in [0.15, 0.2) is 24.3 Å². The first kappa shape index (κ1) is 16.6. The van der Waals surface area contributed by atoms with E-state index in [4.69, 9.17) is 22.1 Å². The number of hydrogen-bond acceptors (Lipinski definition) is 2. The monoisotopic (exact) mass is 309 g/mol. The van der Waals surface area contributed by atoms with E-state index in [-0.39, 0.29) is 6.10 Å². The molecule has 3 unspecified atom stereocenters. The molecule has 2 nitrogen and oxygen atoms in total. The van der Waals surface area contributed by atoms with Crippen molar-refractivity contribution < 1.29 is 4.74 Å². The molecular weight excluding hydrogens is 282 g/mol. The fourth-order valence-electron chi connectivity index (χ4n) is 3.32. The molecule has 3 atom stereocenters. The summed E-state index contributed by atoms with van der Waals surface area (Å²) >= 11 is 6.05. The second-order valence-electron chi connectivity index (χ2n) is 6.96. The molecule has 1 saturated carbocycles. The van der Waals surface area contributed by atoms with Crippen LogP contribution in [0.1, 0.15) is 46.5 Å². The summed E-state index contributed by atoms with van der Waals surface area (Å²) in [5, 5.41) is 0.720. The molecule has 1 fully saturated rings. The van der Waals surface area contributed by atoms with Gasteiger partial charge in [-0.1, -0.05) is 44.9 Å². The van der Waals surface area contributed by atoms with Crippen LogP contribution >= 0.6 is 11.6 Å². The number of hydrogen-bond donors (Lipinski definition) is 1. The van der Waals surface area contributed by atoms with E-state index < -0.39 is 0 Å². The maximum absolute atomic E-state index is 6.25. The average Bonchev–Trinajstić information content (AvgIpc) is 2.47. The molecular formula is C18H28ClNO. The highest BCUT2D eigenvalue weighted by atomic mass is 35.5. The minimum absolute atomic E-state index is 0.207. The lowest BCUT2D eigenvalue weighted by Gasteiger charge is -2.42. The van der Waals surface area contributed by atoms with Crippen LogP contribution in [-0.2, 0) is 0 Å². The molecule has 1 aliphatic rings. The molecule has 0 bridgehead atoms. The number of halogens is 1. The minimum atomic E-state index is 0.207. The van der Waals surface area contributed by atoms with Gasteiger partial charge in [-0.25, -0.2) is 0 Å². The largest absolute Gasteiger partial charge is 0.490 e. The zero-order valence-electron chi connectivity index (χ0n) is 13.4. The van der Waals surface area contributed by atoms with Gasteiger partial charge < -0.3 is 10.5 Å². The van der Waals surface area contributed by atoms with Gasteiger partial charge in [0.05, 0.1) is 0 Å². The Morgan fingerprint density at radius 3 is 2.71 bits per heavy atom. The molecule has 0 saturated heterocycles. The van der Waals surface area contributed by atoms with Crippen LogP contribution in [0.5, 0.6) is 5.75 Å². The molecule has 0 aromatic heterocycles. The predicted molar refractivity (Wildman–Crippen MR) is 89.8 cm³/mol. The van der Waals surface area contributed by atoms with Crippen molar-refractivity contribution in [3.05, 3.63) is 29.3 Å². The second-order valence-corrected chi connectivity index (χ2v) is 7.40. The highest BCUT2D eigenvalue weighted by molar-refractivity contribution is 6.30. The van der Waals surface area contributed by atoms with Gasteiger partial charge in [0.2, 0.25) is 0 Å². The molecule has 3 heteroatoms. The number of rotatable bonds is 5. The van der Waals surface area contributed by atoms with Crippen molar-refractivity contribution in [1.29, 1.82) is 0 Å². The molecule has 0 amide bonds. The summed E-state index contributed by atoms with van der Waals surface area (Å²) in [5.74, 6) is 2.02. The third kappa shape index (κ3) is 4.14. The molecule has 2 rings (SSSR count). The van der Waals surface area contributed by atoms with E-state index in [9.17, 15) is 0 Å². The molecule has 118 valence electrons. The molecule has 1 aromatic carbocycles. The second kappa shape index (κ2) is 7.02. The highest BCUT2D eigenvalue weighted by Crippen LogP contribution is 2.43. The number of ether oxygens (including phenoxy) is 1. The minimum Gasteiger partial charge on any atom is -0.490 e. The van der Waals surface area contributed by atoms with Crippen LogP contribution in [0, 0.1) is 17.3 Å². The Bertz CT molecular complexity index is 460. The summed E-state index contributed by atoms with van der Waals surface area (Å²) in [6.07, 6.45) is 4.93. The van der Waals surface area contributed by atoms with Crippen molar-refractivity contribution >= 4 is 11.6 Å². The van der Waals surface area contributed by atoms with Crippen molar-refractivity contribution in [3.63, 3.8) is 0 Å². The summed E-state index contributed by atoms with van der Waals surface area (Å²) in [4.78, 5) is 0. The Labute approximate surface area is 134 Å². The number of nitrogens with two attached hydrogens (primary N) is 1. The summed E-state index contributed by atoms with van der Waals surface area (Å²) in [7, 11) is 0. The van der Waals surface area contributed by atoms with Gasteiger partial charge in [0.25, 0.3) is 0 Å². The Kier molecular flexibility index (Phi) is 5.56. The zero-order valence-corrected chi connectivity index (χ0v) is 14.2. The standard InChI is InChI=1S/C18H28ClNO/c1-4-18(2,3)14-9-8-13(12-20)17(10-14)21-16-7-5-6-15(19)11-16/h5-7,11,13-14,17H,4,8-10,12,20H2,1-3H3. The van der Waals surface area contributed by atoms with Gasteiger partial charge in [-0.15, -0.1) is 0 Å². The van der Waals surface area contributed by atoms with Gasteiger partial charge in [0.15, 0.2) is 0 Å². The van der Waals surface area contributed by atoms with E-state index >= 15 is 0 Å². The van der Waals surface area contributed by atoms with Crippen molar-refractivity contribution in [2.45, 2.75) is 52.6 Å². The smallest absolute Gasteiger partial charge is 0.121 e. The quantitative estimate of drug-likeness (QED) is 0.839. The molecule has 0 heterocycles. The van der Waals surface area contributed by atoms with Crippen LogP contribution in [0.2, 0.25) is 5.02 Å². The van der Waals surface area contributed by atoms with E-state index in [2.05, 4.69) is 20.8 Å². The maximum Gasteiger partial charge on any atom is 0.121 e. The summed E-state index contributed by atoms with van der Waals surface area (Å²) in [6.45, 7) is 7.72. The molecule has 1 aliphatic carbocycles. The first-order valence-electron chi connectivity index (χ1n) is 8.08. The van der Waals surface area contributed by atoms with Crippen LogP contribution in [0.25, 0.3) is 0 Å². The first-order chi connectivity index (χ1) is 9.96. The molecule has 1 aromatic rings. The predicted octanol–water partition coefficient (Wildman–Crippen LogP) is 4.90. The highest BCUT2D eigenvalue weighted by Gasteiger charge is 2.37. The van der Waals surface area contributed by atoms with E-state index in [0.717, 1.165) is 23.6 Å². The van der Waals surface area contributed by atoms with E-state index in [1.807, 2.05) is 24.3 Å². The van der Waals surface area contributed by atoms with E-state index in [1.54, 1.807) is 0 Å². The van der Waals surface area contributed by atoms with Crippen molar-refractivity contribution in [2.75, 3.05) is 6.54 Å². The van der Waals surface area contributed by atoms with Gasteiger partial charge in [0.1, 0.15) is 11.9 Å². The van der Waals surface area contributed by atoms with Crippen LogP contribution in [0.3, 0.4) is 0 Å². The van der Waals surface area contributed by atoms with Crippen molar-refractivity contribution in [3.8, 4) is 5.75 Å². The van der Waals surface area contributed by atoms with Gasteiger partial charge in [-0.3, -0.25) is 0 Å². The summed E-state index contributed by atoms with van der Waals surface area (Å²) in [6, 6.07) is 7.68. The summed E-state index contributed by atoms with van der Waals surface area (Å²) < 4.78 is 6.25. The van der Waals surface area contributed by atoms with E-state index in [1.165, 1.54) is 12.8 Å². The van der Waals surface area contributed by atoms with Crippen molar-refractivity contribution in [2.24, 2.45) is 23.0 Å². The lowest BCUT2D eigenvalue weighted by Crippen LogP contribution is -2.42. The van der Waals surface area contributed by atoms with Crippen LogP contribution in [0.4, 0.5) is 0 Å². The molecule has 21 heavy (non-hydrogen) atoms. The SMILES string of the molecule is CCC(C)(C)C1CCC(CN)C(Oc2cccc(Cl)c2)C1. The lowest BCUT2D eigenvalue weighted by atomic mass is 9.66. The third-order valence-corrected chi connectivity index (χ3v) is 5.57. The van der Waals surface area contributed by atoms with E-state index in [0.29, 0.717) is 23.8 Å². The Hall–Kier alpha value is -0.730. The van der Waals surface area contributed by atoms with Gasteiger partial charge in [-0.05, 0) is 55.3 Å². The fourth-order valence-corrected chi connectivity index (χ4v) is 3.50. The van der Waals surface area contributed by atoms with Gasteiger partial charge in [-0.2, -0.15) is 0 Å². The topological polar surface area (TPSA) is 35.2 Å². The Morgan fingerprint density at radius 1 is 1.33 bits per heavy atom. The normalized spacial score (nSPS) is 26.6. The molecule has 0 aliphatic heterocycles. The van der Waals surface area contributed by atoms with Crippen LogP contribution in [-0.4, -0.2) is 12.6 Å². The summed E-state index contributed by atoms with van der Waals surface area (Å²) in [5.41, 5.74) is 6.33. The Morgan fingerprint density at radius 2 is 2.10 bits per heavy atom. The average molecular weight is 310 g/mol.